The molecule has 2 amide bonds. The second kappa shape index (κ2) is 16.8. The number of nitrogens with zero attached hydrogens (tertiary/aromatic N) is 1. The van der Waals surface area contributed by atoms with E-state index in [2.05, 4.69) is 10.3 Å². The van der Waals surface area contributed by atoms with Crippen molar-refractivity contribution in [2.24, 2.45) is 22.6 Å². The molecule has 1 heterocycles. The van der Waals surface area contributed by atoms with Crippen LogP contribution in [0, 0.1) is 11.8 Å². The molecule has 2 bridgehead atoms. The van der Waals surface area contributed by atoms with Gasteiger partial charge in [-0.2, -0.15) is 0 Å². The number of rotatable bonds is 6. The Morgan fingerprint density at radius 2 is 1.88 bits per heavy atom. The number of allylic oxidation sites excluding steroid dienone is 2. The van der Waals surface area contributed by atoms with Crippen molar-refractivity contribution in [1.29, 1.82) is 0 Å². The third-order valence-electron chi connectivity index (χ3n) is 7.33. The number of primary amides is 1. The lowest BCUT2D eigenvalue weighted by molar-refractivity contribution is -0.112. The highest BCUT2D eigenvalue weighted by atomic mass is 19.1. The lowest BCUT2D eigenvalue weighted by Crippen LogP contribution is -2.38. The van der Waals surface area contributed by atoms with Gasteiger partial charge in [0.25, 0.3) is 5.91 Å². The molecule has 43 heavy (non-hydrogen) atoms. The number of carbonyl (C=O) groups excluding carboxylic acids is 2. The van der Waals surface area contributed by atoms with Gasteiger partial charge in [-0.3, -0.25) is 9.79 Å². The van der Waals surface area contributed by atoms with Crippen molar-refractivity contribution >= 4 is 29.6 Å². The van der Waals surface area contributed by atoms with Crippen molar-refractivity contribution in [3.05, 3.63) is 47.1 Å². The number of hydrogen-bond acceptors (Lipinski definition) is 9. The highest BCUT2D eigenvalue weighted by molar-refractivity contribution is 6.04. The molecule has 12 heteroatoms. The van der Waals surface area contributed by atoms with Crippen LogP contribution in [0.15, 0.2) is 46.5 Å². The third kappa shape index (κ3) is 9.63. The van der Waals surface area contributed by atoms with Crippen molar-refractivity contribution in [2.75, 3.05) is 33.3 Å². The van der Waals surface area contributed by atoms with Crippen LogP contribution in [-0.2, 0) is 30.2 Å². The molecule has 0 fully saturated rings. The molecule has 1 unspecified atom stereocenters. The van der Waals surface area contributed by atoms with Crippen LogP contribution >= 0.6 is 0 Å². The number of halogens is 1. The molecule has 1 aliphatic heterocycles. The second-order valence-electron chi connectivity index (χ2n) is 10.6. The molecule has 6 atom stereocenters. The van der Waals surface area contributed by atoms with Crippen LogP contribution in [0.1, 0.15) is 39.7 Å². The van der Waals surface area contributed by atoms with E-state index in [0.29, 0.717) is 12.0 Å². The smallest absolute Gasteiger partial charge is 0.405 e. The summed E-state index contributed by atoms with van der Waals surface area (Å²) >= 11 is 0. The van der Waals surface area contributed by atoms with Gasteiger partial charge >= 0.3 is 6.09 Å². The maximum absolute atomic E-state index is 13.0. The fourth-order valence-electron chi connectivity index (χ4n) is 5.22. The topological polar surface area (TPSA) is 162 Å². The van der Waals surface area contributed by atoms with E-state index in [9.17, 15) is 24.2 Å². The number of hydrogen-bond donors (Lipinski definition) is 4. The second-order valence-corrected chi connectivity index (χ2v) is 10.6. The molecule has 1 aromatic carbocycles. The lowest BCUT2D eigenvalue weighted by Gasteiger charge is -2.32. The van der Waals surface area contributed by atoms with Crippen LogP contribution in [-0.4, -0.2) is 80.8 Å². The Labute approximate surface area is 252 Å². The number of phenols is 2. The quantitative estimate of drug-likeness (QED) is 0.154. The fraction of sp³-hybridized carbons (Fsp3) is 0.516. The molecule has 0 radical (unpaired) electrons. The number of benzene rings is 1. The largest absolute Gasteiger partial charge is 0.506 e. The first-order chi connectivity index (χ1) is 20.4. The predicted molar refractivity (Wildman–Crippen MR) is 163 cm³/mol. The van der Waals surface area contributed by atoms with Gasteiger partial charge in [-0.15, -0.1) is 0 Å². The summed E-state index contributed by atoms with van der Waals surface area (Å²) in [4.78, 5) is 28.8. The number of aromatic hydroxyl groups is 2. The zero-order valence-corrected chi connectivity index (χ0v) is 25.8. The van der Waals surface area contributed by atoms with Gasteiger partial charge in [-0.1, -0.05) is 38.2 Å². The fourth-order valence-corrected chi connectivity index (χ4v) is 5.22. The molecule has 0 saturated heterocycles. The van der Waals surface area contributed by atoms with Gasteiger partial charge in [-0.25, -0.2) is 9.18 Å². The molecule has 1 aliphatic rings. The predicted octanol–water partition coefficient (Wildman–Crippen LogP) is 4.88. The van der Waals surface area contributed by atoms with E-state index in [4.69, 9.17) is 24.7 Å². The summed E-state index contributed by atoms with van der Waals surface area (Å²) in [6.45, 7) is 6.35. The van der Waals surface area contributed by atoms with Gasteiger partial charge in [0, 0.05) is 50.7 Å². The van der Waals surface area contributed by atoms with Crippen molar-refractivity contribution in [3.8, 4) is 11.5 Å². The Morgan fingerprint density at radius 3 is 2.47 bits per heavy atom. The highest BCUT2D eigenvalue weighted by Gasteiger charge is 2.31. The Morgan fingerprint density at radius 1 is 1.19 bits per heavy atom. The van der Waals surface area contributed by atoms with Crippen LogP contribution in [0.2, 0.25) is 0 Å². The summed E-state index contributed by atoms with van der Waals surface area (Å²) in [5.41, 5.74) is 6.53. The molecular weight excluding hydrogens is 561 g/mol. The number of fused-ring (bicyclic) bond motifs is 2. The SMILES string of the molecule is COC1C=CC=C(C)C(=O)Nc2cc(O)c(N=CCF)c(c2O)C[C@@H](C)C[C@H](OC)[C@H](OC)[C@@H](C)C=C(C)[C@@H]1OC(N)=O. The summed E-state index contributed by atoms with van der Waals surface area (Å²) in [6, 6.07) is 1.17. The Kier molecular flexibility index (Phi) is 13.8. The molecule has 11 nitrogen and oxygen atoms in total. The van der Waals surface area contributed by atoms with E-state index in [1.807, 2.05) is 19.9 Å². The van der Waals surface area contributed by atoms with Gasteiger partial charge in [-0.05, 0) is 38.2 Å². The normalized spacial score (nSPS) is 26.1. The van der Waals surface area contributed by atoms with Crippen LogP contribution in [0.5, 0.6) is 11.5 Å². The number of aliphatic imine (C=N–C) groups is 1. The highest BCUT2D eigenvalue weighted by Crippen LogP contribution is 2.44. The zero-order valence-electron chi connectivity index (χ0n) is 25.8. The first-order valence-electron chi connectivity index (χ1n) is 13.9. The molecule has 0 spiro atoms. The summed E-state index contributed by atoms with van der Waals surface area (Å²) < 4.78 is 35.7. The van der Waals surface area contributed by atoms with Crippen molar-refractivity contribution in [1.82, 2.24) is 0 Å². The van der Waals surface area contributed by atoms with Crippen LogP contribution in [0.25, 0.3) is 0 Å². The molecule has 2 rings (SSSR count). The summed E-state index contributed by atoms with van der Waals surface area (Å²) in [6.07, 6.45) is 4.83. The minimum Gasteiger partial charge on any atom is -0.506 e. The van der Waals surface area contributed by atoms with E-state index in [-0.39, 0.29) is 52.3 Å². The van der Waals surface area contributed by atoms with Crippen molar-refractivity contribution in [2.45, 2.75) is 65.0 Å². The number of nitrogens with one attached hydrogen (secondary N) is 1. The van der Waals surface area contributed by atoms with E-state index < -0.39 is 43.1 Å². The minimum absolute atomic E-state index is 0.0105. The average Bonchev–Trinajstić information content (AvgIpc) is 2.95. The summed E-state index contributed by atoms with van der Waals surface area (Å²) in [5, 5.41) is 24.6. The first-order valence-corrected chi connectivity index (χ1v) is 13.9. The van der Waals surface area contributed by atoms with Crippen LogP contribution in [0.4, 0.5) is 20.6 Å². The summed E-state index contributed by atoms with van der Waals surface area (Å²) in [5.74, 6) is -1.56. The van der Waals surface area contributed by atoms with E-state index in [0.717, 1.165) is 6.21 Å². The number of phenolic OH excluding ortho intramolecular Hbond substituents is 2. The average molecular weight is 606 g/mol. The monoisotopic (exact) mass is 605 g/mol. The maximum atomic E-state index is 13.0. The van der Waals surface area contributed by atoms with Gasteiger partial charge in [0.15, 0.2) is 6.10 Å². The third-order valence-corrected chi connectivity index (χ3v) is 7.33. The standard InChI is InChI=1S/C31H44FN3O8/c1-17-13-21-26(34-12-11-32)23(36)16-22(27(21)37)35-30(38)18(2)9-8-10-24(40-5)29(43-31(33)39)20(4)15-19(3)28(42-7)25(14-17)41-6/h8-10,12,15-17,19,24-25,28-29,36-37H,11,13-14H2,1-7H3,(H2,33,39)(H,35,38)/t17-,19+,24?,25+,28-,29+/m1/s1. The number of amides is 2. The molecule has 0 aliphatic carbocycles. The van der Waals surface area contributed by atoms with Gasteiger partial charge in [0.1, 0.15) is 30.0 Å². The Bertz CT molecular complexity index is 1250. The summed E-state index contributed by atoms with van der Waals surface area (Å²) in [7, 11) is 4.60. The number of ether oxygens (including phenoxy) is 4. The molecule has 5 N–H and O–H groups in total. The van der Waals surface area contributed by atoms with Gasteiger partial charge in [0.05, 0.1) is 17.9 Å². The van der Waals surface area contributed by atoms with Crippen LogP contribution < -0.4 is 11.1 Å². The van der Waals surface area contributed by atoms with Crippen molar-refractivity contribution < 1.29 is 43.1 Å². The van der Waals surface area contributed by atoms with Gasteiger partial charge < -0.3 is 40.2 Å². The van der Waals surface area contributed by atoms with E-state index in [1.54, 1.807) is 40.2 Å². The number of methoxy groups -OCH3 is 3. The van der Waals surface area contributed by atoms with Crippen LogP contribution in [0.3, 0.4) is 0 Å². The first kappa shape index (κ1) is 35.5. The van der Waals surface area contributed by atoms with E-state index >= 15 is 0 Å². The lowest BCUT2D eigenvalue weighted by atomic mass is 9.87. The molecule has 0 aromatic heterocycles. The molecule has 238 valence electrons. The molecule has 1 aromatic rings. The van der Waals surface area contributed by atoms with E-state index in [1.165, 1.54) is 19.3 Å². The molecular formula is C31H44FN3O8. The number of alkyl halides is 1. The number of anilines is 1. The van der Waals surface area contributed by atoms with Gasteiger partial charge in [0.2, 0.25) is 0 Å². The molecule has 0 saturated carbocycles. The maximum Gasteiger partial charge on any atom is 0.405 e. The number of nitrogens with two attached hydrogens (primary N) is 1. The zero-order chi connectivity index (χ0) is 32.3. The Balaban J connectivity index is 2.72. The number of carbonyl (C=O) groups is 2. The Hall–Kier alpha value is -3.74. The minimum atomic E-state index is -0.975. The van der Waals surface area contributed by atoms with Crippen molar-refractivity contribution in [3.63, 3.8) is 0 Å².